The molecule has 0 spiro atoms. The van der Waals surface area contributed by atoms with Crippen LogP contribution >= 0.6 is 11.3 Å². The Morgan fingerprint density at radius 1 is 0.455 bits per heavy atom. The van der Waals surface area contributed by atoms with Gasteiger partial charge in [-0.3, -0.25) is 0 Å². The highest BCUT2D eigenvalue weighted by Gasteiger charge is 2.18. The van der Waals surface area contributed by atoms with Gasteiger partial charge in [0.1, 0.15) is 11.2 Å². The summed E-state index contributed by atoms with van der Waals surface area (Å²) >= 11 is 1.63. The molecule has 2 heterocycles. The van der Waals surface area contributed by atoms with Gasteiger partial charge in [0.05, 0.1) is 11.0 Å². The van der Waals surface area contributed by atoms with Crippen LogP contribution in [0.15, 0.2) is 150 Å². The van der Waals surface area contributed by atoms with E-state index in [0.717, 1.165) is 41.7 Å². The van der Waals surface area contributed by atoms with Crippen LogP contribution in [0, 0.1) is 0 Å². The van der Waals surface area contributed by atoms with Crippen molar-refractivity contribution in [3.05, 3.63) is 145 Å². The van der Waals surface area contributed by atoms with Crippen molar-refractivity contribution in [1.82, 2.24) is 0 Å². The highest BCUT2D eigenvalue weighted by Crippen LogP contribution is 2.46. The molecule has 10 aromatic rings. The molecule has 0 fully saturated rings. The summed E-state index contributed by atoms with van der Waals surface area (Å²) in [5, 5.41) is 6.90. The average molecular weight is 585 g/mol. The summed E-state index contributed by atoms with van der Waals surface area (Å²) in [6.45, 7) is 0. The summed E-state index contributed by atoms with van der Waals surface area (Å²) in [4.78, 5) is 0. The maximum Gasteiger partial charge on any atom is 0.136 e. The van der Waals surface area contributed by atoms with Crippen molar-refractivity contribution < 1.29 is 15.4 Å². The topological polar surface area (TPSA) is 13.1 Å². The molecule has 0 saturated heterocycles. The number of thiophene rings is 1. The normalized spacial score (nSPS) is 14.6. The summed E-state index contributed by atoms with van der Waals surface area (Å²) in [7, 11) is 0. The molecule has 0 aliphatic heterocycles. The van der Waals surface area contributed by atoms with E-state index in [1.807, 2.05) is 66.7 Å². The lowest BCUT2D eigenvalue weighted by atomic mass is 9.85. The summed E-state index contributed by atoms with van der Waals surface area (Å²) < 4.78 is 80.6. The van der Waals surface area contributed by atoms with Crippen LogP contribution in [0.25, 0.3) is 96.7 Å². The van der Waals surface area contributed by atoms with Crippen LogP contribution < -0.4 is 0 Å². The first-order valence-corrected chi connectivity index (χ1v) is 15.2. The van der Waals surface area contributed by atoms with E-state index in [0.29, 0.717) is 33.4 Å². The number of fused-ring (bicyclic) bond motifs is 10. The minimum Gasteiger partial charge on any atom is -0.456 e. The molecular weight excluding hydrogens is 553 g/mol. The molecule has 0 N–H and O–H groups in total. The Kier molecular flexibility index (Phi) is 3.62. The number of benzene rings is 8. The molecule has 0 amide bonds. The highest BCUT2D eigenvalue weighted by atomic mass is 32.1. The Bertz CT molecular complexity index is 3150. The van der Waals surface area contributed by atoms with Gasteiger partial charge in [-0.15, -0.1) is 11.3 Å². The molecule has 0 radical (unpaired) electrons. The molecule has 0 unspecified atom stereocenters. The molecule has 1 nitrogen and oxygen atoms in total. The van der Waals surface area contributed by atoms with E-state index >= 15 is 0 Å². The predicted molar refractivity (Wildman–Crippen MR) is 190 cm³/mol. The van der Waals surface area contributed by atoms with Gasteiger partial charge in [0, 0.05) is 30.9 Å². The van der Waals surface area contributed by atoms with Crippen LogP contribution in [0.1, 0.15) is 11.0 Å². The zero-order valence-electron chi connectivity index (χ0n) is 31.1. The summed E-state index contributed by atoms with van der Waals surface area (Å²) in [6, 6.07) is 28.6. The second-order valence-corrected chi connectivity index (χ2v) is 12.1. The zero-order chi connectivity index (χ0) is 35.7. The van der Waals surface area contributed by atoms with Crippen LogP contribution in [-0.4, -0.2) is 0 Å². The Morgan fingerprint density at radius 3 is 1.75 bits per heavy atom. The monoisotopic (exact) mass is 584 g/mol. The third kappa shape index (κ3) is 3.35. The van der Waals surface area contributed by atoms with Crippen molar-refractivity contribution in [2.75, 3.05) is 0 Å². The maximum absolute atomic E-state index is 9.32. The molecule has 0 saturated carbocycles. The lowest BCUT2D eigenvalue weighted by Crippen LogP contribution is -1.90. The molecule has 0 aliphatic rings. The van der Waals surface area contributed by atoms with Gasteiger partial charge in [-0.05, 0) is 78.8 Å². The molecule has 0 atom stereocenters. The number of hydrogen-bond donors (Lipinski definition) is 0. The Labute approximate surface area is 268 Å². The van der Waals surface area contributed by atoms with Gasteiger partial charge in [0.15, 0.2) is 0 Å². The molecule has 0 aliphatic carbocycles. The lowest BCUT2D eigenvalue weighted by Gasteiger charge is -2.17. The van der Waals surface area contributed by atoms with E-state index in [1.165, 1.54) is 0 Å². The molecular formula is C42H24OS. The van der Waals surface area contributed by atoms with E-state index in [-0.39, 0.29) is 45.7 Å². The van der Waals surface area contributed by atoms with Crippen molar-refractivity contribution in [3.8, 4) is 22.3 Å². The Hall–Kier alpha value is -5.44. The minimum absolute atomic E-state index is 0.177. The van der Waals surface area contributed by atoms with E-state index in [1.54, 1.807) is 17.4 Å². The van der Waals surface area contributed by atoms with Crippen molar-refractivity contribution in [1.29, 1.82) is 0 Å². The van der Waals surface area contributed by atoms with Crippen LogP contribution in [0.2, 0.25) is 0 Å². The van der Waals surface area contributed by atoms with E-state index in [2.05, 4.69) is 24.3 Å². The van der Waals surface area contributed by atoms with Gasteiger partial charge in [-0.2, -0.15) is 0 Å². The summed E-state index contributed by atoms with van der Waals surface area (Å²) in [5.74, 6) is 0. The standard InChI is InChI=1S/C42H24OS/c1-2-10-28-25(9-1)17-22-36-31-21-19-27(24-39(31)44-42(28)36)41-34-14-5-3-12-32(34)40(33-13-4-6-15-35(33)41)26-18-20-30-29-11-7-8-16-37(29)43-38(30)23-26/h1-24H/i3D,4D,5D,6D,12D,13D,14D,15D. The Morgan fingerprint density at radius 2 is 1.02 bits per heavy atom. The van der Waals surface area contributed by atoms with E-state index in [4.69, 9.17) is 9.90 Å². The van der Waals surface area contributed by atoms with Crippen LogP contribution in [-0.2, 0) is 0 Å². The van der Waals surface area contributed by atoms with Crippen molar-refractivity contribution >= 4 is 85.8 Å². The average Bonchev–Trinajstić information content (AvgIpc) is 3.74. The lowest BCUT2D eigenvalue weighted by molar-refractivity contribution is 0.669. The number of hydrogen-bond acceptors (Lipinski definition) is 2. The van der Waals surface area contributed by atoms with Crippen LogP contribution in [0.4, 0.5) is 0 Å². The van der Waals surface area contributed by atoms with E-state index in [9.17, 15) is 5.48 Å². The fourth-order valence-electron chi connectivity index (χ4n) is 6.74. The molecule has 0 bridgehead atoms. The van der Waals surface area contributed by atoms with E-state index < -0.39 is 24.2 Å². The van der Waals surface area contributed by atoms with Gasteiger partial charge >= 0.3 is 0 Å². The first-order valence-electron chi connectivity index (χ1n) is 18.4. The molecule has 2 aromatic heterocycles. The van der Waals surface area contributed by atoms with Gasteiger partial charge in [-0.25, -0.2) is 0 Å². The third-order valence-electron chi connectivity index (χ3n) is 8.69. The van der Waals surface area contributed by atoms with Gasteiger partial charge in [0.25, 0.3) is 0 Å². The minimum atomic E-state index is -0.429. The molecule has 44 heavy (non-hydrogen) atoms. The van der Waals surface area contributed by atoms with Crippen LogP contribution in [0.5, 0.6) is 0 Å². The van der Waals surface area contributed by atoms with Crippen molar-refractivity contribution in [2.45, 2.75) is 0 Å². The third-order valence-corrected chi connectivity index (χ3v) is 9.90. The number of rotatable bonds is 2. The van der Waals surface area contributed by atoms with Gasteiger partial charge in [0.2, 0.25) is 0 Å². The fraction of sp³-hybridized carbons (Fsp3) is 0. The SMILES string of the molecule is [2H]c1c([2H])c([2H])c2c(-c3ccc4c(c3)sc3c5ccccc5ccc43)c3c([2H])c([2H])c([2H])c([2H])c3c(-c3ccc4c(c3)oc3ccccc34)c2c1[2H]. The Balaban J connectivity index is 1.39. The second kappa shape index (κ2) is 9.03. The van der Waals surface area contributed by atoms with Gasteiger partial charge < -0.3 is 4.42 Å². The molecule has 204 valence electrons. The van der Waals surface area contributed by atoms with Crippen molar-refractivity contribution in [2.24, 2.45) is 0 Å². The first-order chi connectivity index (χ1) is 25.1. The van der Waals surface area contributed by atoms with Gasteiger partial charge in [-0.1, -0.05) is 121 Å². The number of para-hydroxylation sites is 1. The largest absolute Gasteiger partial charge is 0.456 e. The predicted octanol–water partition coefficient (Wildman–Crippen LogP) is 12.7. The first kappa shape index (κ1) is 17.6. The molecule has 2 heteroatoms. The smallest absolute Gasteiger partial charge is 0.136 e. The van der Waals surface area contributed by atoms with Crippen LogP contribution in [0.3, 0.4) is 0 Å². The number of furan rings is 1. The highest BCUT2D eigenvalue weighted by molar-refractivity contribution is 7.26. The summed E-state index contributed by atoms with van der Waals surface area (Å²) in [5.41, 5.74) is 2.97. The summed E-state index contributed by atoms with van der Waals surface area (Å²) in [6.07, 6.45) is 0. The maximum atomic E-state index is 9.32. The fourth-order valence-corrected chi connectivity index (χ4v) is 8.02. The quantitative estimate of drug-likeness (QED) is 0.184. The zero-order valence-corrected chi connectivity index (χ0v) is 23.9. The molecule has 8 aromatic carbocycles. The molecule has 10 rings (SSSR count). The second-order valence-electron chi connectivity index (χ2n) is 11.0. The van der Waals surface area contributed by atoms with Crippen molar-refractivity contribution in [3.63, 3.8) is 0 Å².